The topological polar surface area (TPSA) is 66.9 Å². The number of para-hydroxylation sites is 1. The molecule has 0 saturated heterocycles. The molecule has 0 unspecified atom stereocenters. The molecule has 2 N–H and O–H groups in total. The van der Waals surface area contributed by atoms with Gasteiger partial charge < -0.3 is 10.6 Å². The summed E-state index contributed by atoms with van der Waals surface area (Å²) in [5, 5.41) is 13.5. The molecule has 1 heterocycles. The molecule has 0 spiro atoms. The van der Waals surface area contributed by atoms with Gasteiger partial charge in [0.2, 0.25) is 0 Å². The number of carbonyl (C=O) groups is 1. The highest BCUT2D eigenvalue weighted by Crippen LogP contribution is 2.18. The summed E-state index contributed by atoms with van der Waals surface area (Å²) in [6, 6.07) is 13.6. The summed E-state index contributed by atoms with van der Waals surface area (Å²) in [7, 11) is 0. The Kier molecular flexibility index (Phi) is 5.38. The molecule has 3 aromatic rings. The van der Waals surface area contributed by atoms with Crippen LogP contribution in [0.1, 0.15) is 16.1 Å². The molecular formula is C18H13ClF2N4O. The molecule has 0 bridgehead atoms. The van der Waals surface area contributed by atoms with Gasteiger partial charge >= 0.3 is 0 Å². The minimum absolute atomic E-state index is 0.0651. The van der Waals surface area contributed by atoms with E-state index in [1.165, 1.54) is 12.1 Å². The molecule has 0 aliphatic heterocycles. The molecule has 0 fully saturated rings. The molecule has 1 aromatic heterocycles. The van der Waals surface area contributed by atoms with E-state index in [4.69, 9.17) is 11.6 Å². The fourth-order valence-electron chi connectivity index (χ4n) is 2.14. The van der Waals surface area contributed by atoms with E-state index >= 15 is 0 Å². The predicted octanol–water partition coefficient (Wildman–Crippen LogP) is 4.27. The number of hydrogen-bond donors (Lipinski definition) is 2. The summed E-state index contributed by atoms with van der Waals surface area (Å²) in [4.78, 5) is 12.1. The van der Waals surface area contributed by atoms with Crippen LogP contribution in [0.3, 0.4) is 0 Å². The van der Waals surface area contributed by atoms with E-state index in [1.54, 1.807) is 18.2 Å². The zero-order chi connectivity index (χ0) is 18.5. The van der Waals surface area contributed by atoms with Crippen molar-refractivity contribution >= 4 is 29.0 Å². The summed E-state index contributed by atoms with van der Waals surface area (Å²) >= 11 is 5.83. The minimum atomic E-state index is -0.868. The van der Waals surface area contributed by atoms with Gasteiger partial charge in [0, 0.05) is 11.6 Å². The van der Waals surface area contributed by atoms with Gasteiger partial charge in [-0.15, -0.1) is 10.2 Å². The molecule has 0 atom stereocenters. The Balaban J connectivity index is 1.63. The third-order valence-corrected chi connectivity index (χ3v) is 3.74. The lowest BCUT2D eigenvalue weighted by atomic mass is 10.2. The van der Waals surface area contributed by atoms with Crippen LogP contribution in [0.15, 0.2) is 54.6 Å². The highest BCUT2D eigenvalue weighted by molar-refractivity contribution is 6.30. The second-order valence-electron chi connectivity index (χ2n) is 5.33. The van der Waals surface area contributed by atoms with Gasteiger partial charge in [-0.3, -0.25) is 4.79 Å². The van der Waals surface area contributed by atoms with Crippen LogP contribution in [-0.2, 0) is 6.54 Å². The number of amides is 1. The monoisotopic (exact) mass is 374 g/mol. The Morgan fingerprint density at radius 3 is 2.27 bits per heavy atom. The first kappa shape index (κ1) is 17.8. The molecule has 8 heteroatoms. The Labute approximate surface area is 153 Å². The lowest BCUT2D eigenvalue weighted by molar-refractivity contribution is 0.102. The molecule has 0 radical (unpaired) electrons. The van der Waals surface area contributed by atoms with E-state index in [-0.39, 0.29) is 5.69 Å². The van der Waals surface area contributed by atoms with Gasteiger partial charge in [0.05, 0.1) is 0 Å². The summed E-state index contributed by atoms with van der Waals surface area (Å²) in [6.07, 6.45) is 0. The Morgan fingerprint density at radius 1 is 0.962 bits per heavy atom. The van der Waals surface area contributed by atoms with Crippen molar-refractivity contribution in [2.75, 3.05) is 10.6 Å². The smallest absolute Gasteiger partial charge is 0.276 e. The van der Waals surface area contributed by atoms with E-state index < -0.39 is 23.2 Å². The number of anilines is 2. The normalized spacial score (nSPS) is 10.4. The van der Waals surface area contributed by atoms with Crippen molar-refractivity contribution in [3.05, 3.63) is 82.5 Å². The molecule has 26 heavy (non-hydrogen) atoms. The maximum Gasteiger partial charge on any atom is 0.276 e. The zero-order valence-corrected chi connectivity index (χ0v) is 14.1. The molecule has 3 rings (SSSR count). The number of carbonyl (C=O) groups excluding carboxylic acids is 1. The largest absolute Gasteiger partial charge is 0.365 e. The van der Waals surface area contributed by atoms with Gasteiger partial charge in [-0.05, 0) is 42.0 Å². The minimum Gasteiger partial charge on any atom is -0.365 e. The second kappa shape index (κ2) is 7.88. The molecule has 2 aromatic carbocycles. The number of rotatable bonds is 5. The maximum absolute atomic E-state index is 13.6. The Morgan fingerprint density at radius 2 is 1.65 bits per heavy atom. The molecule has 0 aliphatic rings. The van der Waals surface area contributed by atoms with Gasteiger partial charge in [0.1, 0.15) is 23.1 Å². The summed E-state index contributed by atoms with van der Waals surface area (Å²) in [5.74, 6) is -2.04. The Hall–Kier alpha value is -3.06. The number of hydrogen-bond acceptors (Lipinski definition) is 4. The number of benzene rings is 2. The van der Waals surface area contributed by atoms with Crippen LogP contribution in [0, 0.1) is 11.6 Å². The van der Waals surface area contributed by atoms with Gasteiger partial charge in [-0.25, -0.2) is 8.78 Å². The maximum atomic E-state index is 13.6. The second-order valence-corrected chi connectivity index (χ2v) is 5.77. The SMILES string of the molecule is O=C(Nc1c(F)cccc1F)c1ccc(NCc2ccc(Cl)cc2)nn1. The Bertz CT molecular complexity index is 897. The first-order valence-corrected chi connectivity index (χ1v) is 7.98. The van der Waals surface area contributed by atoms with Crippen molar-refractivity contribution in [3.8, 4) is 0 Å². The highest BCUT2D eigenvalue weighted by atomic mass is 35.5. The lowest BCUT2D eigenvalue weighted by Gasteiger charge is -2.08. The molecule has 0 saturated carbocycles. The fraction of sp³-hybridized carbons (Fsp3) is 0.0556. The van der Waals surface area contributed by atoms with Crippen LogP contribution in [0.2, 0.25) is 5.02 Å². The predicted molar refractivity (Wildman–Crippen MR) is 95.1 cm³/mol. The average molecular weight is 375 g/mol. The van der Waals surface area contributed by atoms with Crippen molar-refractivity contribution < 1.29 is 13.6 Å². The first-order chi connectivity index (χ1) is 12.5. The number of nitrogens with one attached hydrogen (secondary N) is 2. The van der Waals surface area contributed by atoms with E-state index in [9.17, 15) is 13.6 Å². The molecule has 0 aliphatic carbocycles. The summed E-state index contributed by atoms with van der Waals surface area (Å²) in [5.41, 5.74) is 0.405. The summed E-state index contributed by atoms with van der Waals surface area (Å²) < 4.78 is 27.1. The quantitative estimate of drug-likeness (QED) is 0.699. The number of halogens is 3. The van der Waals surface area contributed by atoms with Crippen LogP contribution in [-0.4, -0.2) is 16.1 Å². The molecular weight excluding hydrogens is 362 g/mol. The van der Waals surface area contributed by atoms with Crippen molar-refractivity contribution in [1.29, 1.82) is 0 Å². The summed E-state index contributed by atoms with van der Waals surface area (Å²) in [6.45, 7) is 0.498. The van der Waals surface area contributed by atoms with Gasteiger partial charge in [0.25, 0.3) is 5.91 Å². The highest BCUT2D eigenvalue weighted by Gasteiger charge is 2.14. The molecule has 5 nitrogen and oxygen atoms in total. The molecule has 1 amide bonds. The third kappa shape index (κ3) is 4.31. The lowest BCUT2D eigenvalue weighted by Crippen LogP contribution is -2.16. The van der Waals surface area contributed by atoms with E-state index in [0.717, 1.165) is 17.7 Å². The van der Waals surface area contributed by atoms with E-state index in [2.05, 4.69) is 20.8 Å². The van der Waals surface area contributed by atoms with Crippen molar-refractivity contribution in [1.82, 2.24) is 10.2 Å². The zero-order valence-electron chi connectivity index (χ0n) is 13.3. The first-order valence-electron chi connectivity index (χ1n) is 7.60. The van der Waals surface area contributed by atoms with Crippen LogP contribution in [0.4, 0.5) is 20.3 Å². The number of aromatic nitrogens is 2. The van der Waals surface area contributed by atoms with Crippen LogP contribution in [0.5, 0.6) is 0 Å². The average Bonchev–Trinajstić information content (AvgIpc) is 2.65. The van der Waals surface area contributed by atoms with Crippen molar-refractivity contribution in [2.45, 2.75) is 6.54 Å². The molecule has 132 valence electrons. The van der Waals surface area contributed by atoms with Crippen LogP contribution in [0.25, 0.3) is 0 Å². The van der Waals surface area contributed by atoms with Gasteiger partial charge in [-0.2, -0.15) is 0 Å². The van der Waals surface area contributed by atoms with E-state index in [1.807, 2.05) is 12.1 Å². The van der Waals surface area contributed by atoms with Crippen LogP contribution < -0.4 is 10.6 Å². The third-order valence-electron chi connectivity index (χ3n) is 3.49. The number of nitrogens with zero attached hydrogens (tertiary/aromatic N) is 2. The standard InChI is InChI=1S/C18H13ClF2N4O/c19-12-6-4-11(5-7-12)10-22-16-9-8-15(24-25-16)18(26)23-17-13(20)2-1-3-14(17)21/h1-9H,10H2,(H,22,25)(H,23,26). The van der Waals surface area contributed by atoms with Gasteiger partial charge in [-0.1, -0.05) is 29.8 Å². The van der Waals surface area contributed by atoms with Gasteiger partial charge in [0.15, 0.2) is 5.69 Å². The van der Waals surface area contributed by atoms with Crippen molar-refractivity contribution in [3.63, 3.8) is 0 Å². The van der Waals surface area contributed by atoms with Crippen molar-refractivity contribution in [2.24, 2.45) is 0 Å². The fourth-order valence-corrected chi connectivity index (χ4v) is 2.26. The van der Waals surface area contributed by atoms with E-state index in [0.29, 0.717) is 17.4 Å². The van der Waals surface area contributed by atoms with Crippen LogP contribution >= 0.6 is 11.6 Å².